The molecule has 0 aliphatic heterocycles. The fraction of sp³-hybridized carbons (Fsp3) is 0.364. The van der Waals surface area contributed by atoms with Gasteiger partial charge < -0.3 is 5.32 Å². The molecule has 0 unspecified atom stereocenters. The van der Waals surface area contributed by atoms with Crippen molar-refractivity contribution in [1.82, 2.24) is 9.71 Å². The molecule has 0 bridgehead atoms. The summed E-state index contributed by atoms with van der Waals surface area (Å²) in [5, 5.41) is 3.69. The van der Waals surface area contributed by atoms with Gasteiger partial charge in [0.05, 0.1) is 20.1 Å². The lowest BCUT2D eigenvalue weighted by molar-refractivity contribution is -0.118. The van der Waals surface area contributed by atoms with Gasteiger partial charge in [-0.3, -0.25) is 4.79 Å². The predicted molar refractivity (Wildman–Crippen MR) is 122 cm³/mol. The maximum Gasteiger partial charge on any atom is 0.242 e. The first-order valence-electron chi connectivity index (χ1n) is 9.87. The van der Waals surface area contributed by atoms with E-state index in [2.05, 4.69) is 28.9 Å². The zero-order chi connectivity index (χ0) is 22.1. The molecular formula is C22H27N3O3S2. The molecule has 0 aliphatic carbocycles. The largest absolute Gasteiger partial charge is 0.325 e. The van der Waals surface area contributed by atoms with Gasteiger partial charge in [-0.15, -0.1) is 11.3 Å². The number of fused-ring (bicyclic) bond motifs is 1. The molecule has 2 N–H and O–H groups in total. The Balaban J connectivity index is 1.79. The van der Waals surface area contributed by atoms with Crippen molar-refractivity contribution in [3.05, 3.63) is 53.0 Å². The zero-order valence-electron chi connectivity index (χ0n) is 17.8. The number of nitrogens with one attached hydrogen (secondary N) is 2. The van der Waals surface area contributed by atoms with Crippen LogP contribution in [0.1, 0.15) is 44.2 Å². The van der Waals surface area contributed by atoms with Crippen LogP contribution >= 0.6 is 11.3 Å². The highest BCUT2D eigenvalue weighted by atomic mass is 32.2. The summed E-state index contributed by atoms with van der Waals surface area (Å²) in [5.74, 6) is -0.227. The van der Waals surface area contributed by atoms with E-state index in [0.29, 0.717) is 11.6 Å². The van der Waals surface area contributed by atoms with Crippen molar-refractivity contribution in [3.8, 4) is 0 Å². The fourth-order valence-corrected chi connectivity index (χ4v) is 5.40. The van der Waals surface area contributed by atoms with E-state index in [1.165, 1.54) is 23.0 Å². The number of rotatable bonds is 7. The molecule has 8 heteroatoms. The van der Waals surface area contributed by atoms with Crippen molar-refractivity contribution in [3.63, 3.8) is 0 Å². The van der Waals surface area contributed by atoms with Gasteiger partial charge in [0.1, 0.15) is 6.04 Å². The van der Waals surface area contributed by atoms with Crippen LogP contribution in [-0.2, 0) is 14.8 Å². The number of anilines is 1. The lowest BCUT2D eigenvalue weighted by atomic mass is 10.0. The maximum atomic E-state index is 13.0. The smallest absolute Gasteiger partial charge is 0.242 e. The minimum absolute atomic E-state index is 0.124. The summed E-state index contributed by atoms with van der Waals surface area (Å²) in [7, 11) is -3.87. The van der Waals surface area contributed by atoms with E-state index in [-0.39, 0.29) is 16.7 Å². The molecule has 0 radical (unpaired) electrons. The average molecular weight is 446 g/mol. The summed E-state index contributed by atoms with van der Waals surface area (Å²) in [6.07, 6.45) is 0. The van der Waals surface area contributed by atoms with E-state index in [0.717, 1.165) is 15.2 Å². The molecule has 160 valence electrons. The first-order valence-corrected chi connectivity index (χ1v) is 12.2. The Kier molecular flexibility index (Phi) is 6.59. The average Bonchev–Trinajstić information content (AvgIpc) is 3.05. The van der Waals surface area contributed by atoms with Gasteiger partial charge in [-0.1, -0.05) is 39.8 Å². The molecule has 0 fully saturated rings. The molecule has 1 aromatic heterocycles. The van der Waals surface area contributed by atoms with E-state index in [9.17, 15) is 13.2 Å². The molecule has 30 heavy (non-hydrogen) atoms. The fourth-order valence-electron chi connectivity index (χ4n) is 3.09. The van der Waals surface area contributed by atoms with Gasteiger partial charge in [-0.2, -0.15) is 4.72 Å². The van der Waals surface area contributed by atoms with Gasteiger partial charge in [0.15, 0.2) is 0 Å². The quantitative estimate of drug-likeness (QED) is 0.553. The summed E-state index contributed by atoms with van der Waals surface area (Å²) in [6.45, 7) is 9.70. The molecule has 6 nitrogen and oxygen atoms in total. The second-order valence-corrected chi connectivity index (χ2v) is 10.9. The molecule has 3 aromatic rings. The molecule has 1 heterocycles. The molecule has 1 amide bonds. The van der Waals surface area contributed by atoms with E-state index < -0.39 is 16.1 Å². The lowest BCUT2D eigenvalue weighted by Crippen LogP contribution is -2.47. The van der Waals surface area contributed by atoms with Crippen LogP contribution in [-0.4, -0.2) is 25.4 Å². The molecule has 0 saturated heterocycles. The SMILES string of the molecule is Cc1nc2ccc(S(=O)(=O)N[C@@H](C(=O)Nc3ccc(C(C)C)cc3)C(C)C)cc2s1. The van der Waals surface area contributed by atoms with Crippen molar-refractivity contribution in [2.24, 2.45) is 5.92 Å². The maximum absolute atomic E-state index is 13.0. The highest BCUT2D eigenvalue weighted by Crippen LogP contribution is 2.25. The third-order valence-electron chi connectivity index (χ3n) is 4.85. The Hall–Kier alpha value is -2.29. The Labute approximate surface area is 181 Å². The Morgan fingerprint density at radius 1 is 1.03 bits per heavy atom. The number of sulfonamides is 1. The first kappa shape index (κ1) is 22.4. The summed E-state index contributed by atoms with van der Waals surface area (Å²) < 4.78 is 29.3. The summed E-state index contributed by atoms with van der Waals surface area (Å²) >= 11 is 1.44. The Bertz CT molecular complexity index is 1150. The Morgan fingerprint density at radius 2 is 1.70 bits per heavy atom. The van der Waals surface area contributed by atoms with Gasteiger partial charge in [0.25, 0.3) is 0 Å². The summed E-state index contributed by atoms with van der Waals surface area (Å²) in [4.78, 5) is 17.3. The standard InChI is InChI=1S/C22H27N3O3S2/c1-13(2)16-6-8-17(9-7-16)24-22(26)21(14(3)4)25-30(27,28)18-10-11-19-20(12-18)29-15(5)23-19/h6-14,21,25H,1-5H3,(H,24,26)/t21-/m1/s1. The normalized spacial score (nSPS) is 13.2. The van der Waals surface area contributed by atoms with E-state index in [4.69, 9.17) is 0 Å². The number of aryl methyl sites for hydroxylation is 1. The molecule has 2 aromatic carbocycles. The summed E-state index contributed by atoms with van der Waals surface area (Å²) in [5.41, 5.74) is 2.57. The van der Waals surface area contributed by atoms with Gasteiger partial charge in [-0.25, -0.2) is 13.4 Å². The molecule has 3 rings (SSSR count). The minimum atomic E-state index is -3.87. The van der Waals surface area contributed by atoms with Crippen molar-refractivity contribution in [2.45, 2.75) is 51.5 Å². The van der Waals surface area contributed by atoms with Crippen LogP contribution in [0.2, 0.25) is 0 Å². The minimum Gasteiger partial charge on any atom is -0.325 e. The molecule has 0 aliphatic rings. The molecule has 0 saturated carbocycles. The third kappa shape index (κ3) is 5.06. The zero-order valence-corrected chi connectivity index (χ0v) is 19.4. The lowest BCUT2D eigenvalue weighted by Gasteiger charge is -2.22. The summed E-state index contributed by atoms with van der Waals surface area (Å²) in [6, 6.07) is 11.5. The van der Waals surface area contributed by atoms with Crippen molar-refractivity contribution >= 4 is 43.2 Å². The second-order valence-electron chi connectivity index (χ2n) is 7.97. The number of benzene rings is 2. The van der Waals surface area contributed by atoms with E-state index >= 15 is 0 Å². The van der Waals surface area contributed by atoms with Crippen LogP contribution in [0.5, 0.6) is 0 Å². The van der Waals surface area contributed by atoms with Gasteiger partial charge in [0, 0.05) is 5.69 Å². The number of thiazole rings is 1. The topological polar surface area (TPSA) is 88.2 Å². The highest BCUT2D eigenvalue weighted by molar-refractivity contribution is 7.89. The first-order chi connectivity index (χ1) is 14.1. The molecular weight excluding hydrogens is 418 g/mol. The van der Waals surface area contributed by atoms with Crippen LogP contribution in [0.15, 0.2) is 47.4 Å². The monoisotopic (exact) mass is 445 g/mol. The van der Waals surface area contributed by atoms with Gasteiger partial charge in [0.2, 0.25) is 15.9 Å². The second kappa shape index (κ2) is 8.83. The van der Waals surface area contributed by atoms with Crippen LogP contribution < -0.4 is 10.0 Å². The number of carbonyl (C=O) groups is 1. The van der Waals surface area contributed by atoms with Gasteiger partial charge in [-0.05, 0) is 54.7 Å². The highest BCUT2D eigenvalue weighted by Gasteiger charge is 2.28. The Morgan fingerprint density at radius 3 is 2.30 bits per heavy atom. The van der Waals surface area contributed by atoms with Crippen LogP contribution in [0.3, 0.4) is 0 Å². The number of carbonyl (C=O) groups excluding carboxylic acids is 1. The van der Waals surface area contributed by atoms with E-state index in [1.807, 2.05) is 45.0 Å². The van der Waals surface area contributed by atoms with E-state index in [1.54, 1.807) is 12.1 Å². The van der Waals surface area contributed by atoms with Crippen LogP contribution in [0.25, 0.3) is 10.2 Å². The van der Waals surface area contributed by atoms with Gasteiger partial charge >= 0.3 is 0 Å². The third-order valence-corrected chi connectivity index (χ3v) is 7.23. The number of hydrogen-bond acceptors (Lipinski definition) is 5. The molecule has 1 atom stereocenters. The molecule has 0 spiro atoms. The number of hydrogen-bond donors (Lipinski definition) is 2. The van der Waals surface area contributed by atoms with Crippen LogP contribution in [0.4, 0.5) is 5.69 Å². The predicted octanol–water partition coefficient (Wildman–Crippen LogP) is 4.67. The van der Waals surface area contributed by atoms with Crippen molar-refractivity contribution in [2.75, 3.05) is 5.32 Å². The van der Waals surface area contributed by atoms with Crippen molar-refractivity contribution in [1.29, 1.82) is 0 Å². The number of nitrogens with zero attached hydrogens (tertiary/aromatic N) is 1. The number of amides is 1. The van der Waals surface area contributed by atoms with Crippen LogP contribution in [0, 0.1) is 12.8 Å². The number of aromatic nitrogens is 1. The van der Waals surface area contributed by atoms with Crippen molar-refractivity contribution < 1.29 is 13.2 Å².